The second kappa shape index (κ2) is 5.07. The first kappa shape index (κ1) is 13.9. The first-order valence-corrected chi connectivity index (χ1v) is 8.75. The van der Waals surface area contributed by atoms with Gasteiger partial charge in [0, 0.05) is 17.5 Å². The highest BCUT2D eigenvalue weighted by Gasteiger charge is 2.34. The number of halogens is 1. The SMILES string of the molecule is CC1c2ccsc2CCN1S(=O)(=O)c1cnc(Cl)nc1. The number of aromatic nitrogens is 2. The Bertz CT molecular complexity index is 727. The van der Waals surface area contributed by atoms with Crippen LogP contribution in [-0.4, -0.2) is 29.2 Å². The third kappa shape index (κ3) is 2.24. The molecule has 0 fully saturated rings. The van der Waals surface area contributed by atoms with E-state index < -0.39 is 10.0 Å². The highest BCUT2D eigenvalue weighted by Crippen LogP contribution is 2.36. The fourth-order valence-corrected chi connectivity index (χ4v) is 4.95. The Morgan fingerprint density at radius 2 is 2.10 bits per heavy atom. The van der Waals surface area contributed by atoms with Gasteiger partial charge in [0.15, 0.2) is 0 Å². The average molecular weight is 330 g/mol. The van der Waals surface area contributed by atoms with Crippen LogP contribution in [0.2, 0.25) is 5.28 Å². The molecule has 0 spiro atoms. The van der Waals surface area contributed by atoms with Gasteiger partial charge >= 0.3 is 0 Å². The molecule has 1 aliphatic rings. The van der Waals surface area contributed by atoms with Crippen molar-refractivity contribution in [1.29, 1.82) is 0 Å². The molecule has 106 valence electrons. The molecule has 0 bridgehead atoms. The van der Waals surface area contributed by atoms with Crippen molar-refractivity contribution in [1.82, 2.24) is 14.3 Å². The summed E-state index contributed by atoms with van der Waals surface area (Å²) in [5.41, 5.74) is 1.08. The van der Waals surface area contributed by atoms with Crippen molar-refractivity contribution in [3.05, 3.63) is 39.6 Å². The van der Waals surface area contributed by atoms with E-state index in [1.165, 1.54) is 21.6 Å². The van der Waals surface area contributed by atoms with Gasteiger partial charge in [-0.15, -0.1) is 11.3 Å². The fourth-order valence-electron chi connectivity index (χ4n) is 2.38. The zero-order chi connectivity index (χ0) is 14.3. The minimum absolute atomic E-state index is 0.0377. The molecule has 0 radical (unpaired) electrons. The second-order valence-electron chi connectivity index (χ2n) is 4.53. The summed E-state index contributed by atoms with van der Waals surface area (Å²) in [5.74, 6) is 0. The maximum Gasteiger partial charge on any atom is 0.246 e. The minimum atomic E-state index is -3.59. The lowest BCUT2D eigenvalue weighted by Crippen LogP contribution is -2.38. The summed E-state index contributed by atoms with van der Waals surface area (Å²) in [4.78, 5) is 8.84. The van der Waals surface area contributed by atoms with Gasteiger partial charge in [-0.1, -0.05) is 0 Å². The summed E-state index contributed by atoms with van der Waals surface area (Å²) in [6.45, 7) is 2.37. The molecule has 3 rings (SSSR count). The quantitative estimate of drug-likeness (QED) is 0.794. The van der Waals surface area contributed by atoms with Crippen molar-refractivity contribution in [2.45, 2.75) is 24.3 Å². The molecule has 0 N–H and O–H groups in total. The predicted molar refractivity (Wildman–Crippen MR) is 77.4 cm³/mol. The number of sulfonamides is 1. The molecule has 2 aromatic heterocycles. The number of hydrogen-bond acceptors (Lipinski definition) is 5. The molecule has 3 heterocycles. The Morgan fingerprint density at radius 1 is 1.40 bits per heavy atom. The molecule has 20 heavy (non-hydrogen) atoms. The smallest absolute Gasteiger partial charge is 0.225 e. The Balaban J connectivity index is 1.99. The molecular formula is C12H12ClN3O2S2. The standard InChI is InChI=1S/C12H12ClN3O2S2/c1-8-10-3-5-19-11(10)2-4-16(8)20(17,18)9-6-14-12(13)15-7-9/h3,5-8H,2,4H2,1H3. The van der Waals surface area contributed by atoms with Gasteiger partial charge in [0.2, 0.25) is 15.3 Å². The lowest BCUT2D eigenvalue weighted by atomic mass is 10.0. The Morgan fingerprint density at radius 3 is 2.80 bits per heavy atom. The first-order chi connectivity index (χ1) is 9.50. The van der Waals surface area contributed by atoms with Gasteiger partial charge in [-0.3, -0.25) is 0 Å². The molecule has 1 atom stereocenters. The number of hydrogen-bond donors (Lipinski definition) is 0. The van der Waals surface area contributed by atoms with E-state index in [1.807, 2.05) is 18.4 Å². The molecule has 1 unspecified atom stereocenters. The Kier molecular flexibility index (Phi) is 3.53. The van der Waals surface area contributed by atoms with E-state index in [0.29, 0.717) is 6.54 Å². The average Bonchev–Trinajstić information content (AvgIpc) is 2.88. The Labute approximate surface area is 126 Å². The highest BCUT2D eigenvalue weighted by atomic mass is 35.5. The molecule has 0 amide bonds. The molecule has 1 aliphatic heterocycles. The van der Waals surface area contributed by atoms with Gasteiger partial charge in [-0.25, -0.2) is 18.4 Å². The van der Waals surface area contributed by atoms with Gasteiger partial charge in [-0.2, -0.15) is 4.31 Å². The number of fused-ring (bicyclic) bond motifs is 1. The molecule has 0 saturated heterocycles. The van der Waals surface area contributed by atoms with Crippen molar-refractivity contribution in [3.63, 3.8) is 0 Å². The zero-order valence-corrected chi connectivity index (χ0v) is 13.0. The van der Waals surface area contributed by atoms with Gasteiger partial charge in [0.1, 0.15) is 4.90 Å². The summed E-state index contributed by atoms with van der Waals surface area (Å²) in [5, 5.41) is 2.04. The molecular weight excluding hydrogens is 318 g/mol. The molecule has 2 aromatic rings. The van der Waals surface area contributed by atoms with Crippen molar-refractivity contribution in [3.8, 4) is 0 Å². The summed E-state index contributed by atoms with van der Waals surface area (Å²) in [7, 11) is -3.59. The number of rotatable bonds is 2. The normalized spacial score (nSPS) is 19.8. The maximum absolute atomic E-state index is 12.6. The van der Waals surface area contributed by atoms with Gasteiger partial charge in [0.25, 0.3) is 0 Å². The minimum Gasteiger partial charge on any atom is -0.225 e. The van der Waals surface area contributed by atoms with Gasteiger partial charge in [0.05, 0.1) is 12.4 Å². The zero-order valence-electron chi connectivity index (χ0n) is 10.7. The first-order valence-electron chi connectivity index (χ1n) is 6.06. The van der Waals surface area contributed by atoms with Crippen LogP contribution in [0.25, 0.3) is 0 Å². The monoisotopic (exact) mass is 329 g/mol. The van der Waals surface area contributed by atoms with E-state index in [4.69, 9.17) is 11.6 Å². The van der Waals surface area contributed by atoms with E-state index in [1.54, 1.807) is 11.3 Å². The third-order valence-corrected chi connectivity index (χ3v) is 6.54. The molecule has 0 aliphatic carbocycles. The number of nitrogens with zero attached hydrogens (tertiary/aromatic N) is 3. The third-order valence-electron chi connectivity index (χ3n) is 3.42. The van der Waals surface area contributed by atoms with Crippen LogP contribution >= 0.6 is 22.9 Å². The summed E-state index contributed by atoms with van der Waals surface area (Å²) < 4.78 is 26.8. The molecule has 0 aromatic carbocycles. The topological polar surface area (TPSA) is 63.2 Å². The van der Waals surface area contributed by atoms with E-state index >= 15 is 0 Å². The number of thiophene rings is 1. The van der Waals surface area contributed by atoms with Crippen LogP contribution in [-0.2, 0) is 16.4 Å². The highest BCUT2D eigenvalue weighted by molar-refractivity contribution is 7.89. The van der Waals surface area contributed by atoms with Crippen LogP contribution in [0, 0.1) is 0 Å². The molecule has 5 nitrogen and oxygen atoms in total. The second-order valence-corrected chi connectivity index (χ2v) is 7.76. The molecule has 8 heteroatoms. The lowest BCUT2D eigenvalue weighted by molar-refractivity contribution is 0.329. The van der Waals surface area contributed by atoms with Crippen molar-refractivity contribution < 1.29 is 8.42 Å². The summed E-state index contributed by atoms with van der Waals surface area (Å²) in [6, 6.07) is 1.82. The van der Waals surface area contributed by atoms with Crippen LogP contribution < -0.4 is 0 Å². The molecule has 0 saturated carbocycles. The van der Waals surface area contributed by atoms with E-state index in [0.717, 1.165) is 12.0 Å². The maximum atomic E-state index is 12.6. The van der Waals surface area contributed by atoms with Crippen LogP contribution in [0.5, 0.6) is 0 Å². The van der Waals surface area contributed by atoms with Crippen molar-refractivity contribution in [2.24, 2.45) is 0 Å². The van der Waals surface area contributed by atoms with Crippen molar-refractivity contribution in [2.75, 3.05) is 6.54 Å². The van der Waals surface area contributed by atoms with Crippen LogP contribution in [0.15, 0.2) is 28.7 Å². The van der Waals surface area contributed by atoms with Crippen LogP contribution in [0.3, 0.4) is 0 Å². The van der Waals surface area contributed by atoms with Crippen LogP contribution in [0.1, 0.15) is 23.4 Å². The van der Waals surface area contributed by atoms with E-state index in [9.17, 15) is 8.42 Å². The summed E-state index contributed by atoms with van der Waals surface area (Å²) in [6.07, 6.45) is 3.24. The Hall–Kier alpha value is -1.02. The van der Waals surface area contributed by atoms with Gasteiger partial charge in [-0.05, 0) is 42.0 Å². The van der Waals surface area contributed by atoms with Gasteiger partial charge < -0.3 is 0 Å². The van der Waals surface area contributed by atoms with E-state index in [2.05, 4.69) is 9.97 Å². The van der Waals surface area contributed by atoms with E-state index in [-0.39, 0.29) is 16.2 Å². The lowest BCUT2D eigenvalue weighted by Gasteiger charge is -2.32. The summed E-state index contributed by atoms with van der Waals surface area (Å²) >= 11 is 7.28. The fraction of sp³-hybridized carbons (Fsp3) is 0.333. The predicted octanol–water partition coefficient (Wildman–Crippen LogP) is 2.50. The van der Waals surface area contributed by atoms with Crippen LogP contribution in [0.4, 0.5) is 0 Å². The van der Waals surface area contributed by atoms with Crippen molar-refractivity contribution >= 4 is 33.0 Å². The largest absolute Gasteiger partial charge is 0.246 e.